The van der Waals surface area contributed by atoms with Gasteiger partial charge in [0.2, 0.25) is 0 Å². The molecule has 2 aliphatic rings. The molecule has 0 saturated heterocycles. The van der Waals surface area contributed by atoms with Crippen molar-refractivity contribution in [2.75, 3.05) is 0 Å². The minimum absolute atomic E-state index is 0.0935. The van der Waals surface area contributed by atoms with E-state index in [2.05, 4.69) is 39.1 Å². The molecule has 0 amide bonds. The molecule has 2 rings (SSSR count). The van der Waals surface area contributed by atoms with Crippen molar-refractivity contribution >= 4 is 11.6 Å². The molecule has 0 N–H and O–H groups in total. The van der Waals surface area contributed by atoms with Gasteiger partial charge in [0, 0.05) is 0 Å². The number of rotatable bonds is 2. The summed E-state index contributed by atoms with van der Waals surface area (Å²) in [6.45, 7) is 14.1. The first-order valence-electron chi connectivity index (χ1n) is 7.06. The molecular weight excluding hydrogens is 325 g/mol. The quantitative estimate of drug-likeness (QED) is 0.714. The fourth-order valence-corrected chi connectivity index (χ4v) is 6.93. The number of carbonyl (C=O) groups is 2. The van der Waals surface area contributed by atoms with Crippen molar-refractivity contribution in [2.45, 2.75) is 59.4 Å². The van der Waals surface area contributed by atoms with E-state index in [1.54, 1.807) is 13.8 Å². The molecule has 2 bridgehead atoms. The topological polar surface area (TPSA) is 34.1 Å². The predicted octanol–water partition coefficient (Wildman–Crippen LogP) is 3.58. The Labute approximate surface area is 126 Å². The molecule has 6 atom stereocenters. The summed E-state index contributed by atoms with van der Waals surface area (Å²) in [5.41, 5.74) is -1.33. The van der Waals surface area contributed by atoms with E-state index in [9.17, 15) is 9.59 Å². The summed E-state index contributed by atoms with van der Waals surface area (Å²) in [6, 6.07) is 0. The van der Waals surface area contributed by atoms with Gasteiger partial charge in [0.25, 0.3) is 0 Å². The summed E-state index contributed by atoms with van der Waals surface area (Å²) in [5, 5.41) is 0. The minimum atomic E-state index is -0.567. The fraction of sp³-hybridized carbons (Fsp3) is 0.875. The molecule has 0 aliphatic heterocycles. The van der Waals surface area contributed by atoms with Crippen LogP contribution < -0.4 is 0 Å². The Morgan fingerprint density at radius 3 is 1.68 bits per heavy atom. The Morgan fingerprint density at radius 2 is 1.32 bits per heavy atom. The van der Waals surface area contributed by atoms with Crippen LogP contribution in [0.3, 0.4) is 0 Å². The Balaban J connectivity index is 2.81. The third-order valence-corrected chi connectivity index (χ3v) is 9.43. The van der Waals surface area contributed by atoms with Crippen molar-refractivity contribution in [3.8, 4) is 0 Å². The van der Waals surface area contributed by atoms with Crippen molar-refractivity contribution in [3.05, 3.63) is 0 Å². The first-order valence-corrected chi connectivity index (χ1v) is 8.06. The van der Waals surface area contributed by atoms with E-state index in [0.717, 1.165) is 6.42 Å². The maximum atomic E-state index is 12.5. The first kappa shape index (κ1) is 15.4. The van der Waals surface area contributed by atoms with Gasteiger partial charge in [-0.2, -0.15) is 0 Å². The van der Waals surface area contributed by atoms with E-state index in [0.29, 0.717) is 10.4 Å². The fourth-order valence-electron chi connectivity index (χ4n) is 5.61. The van der Waals surface area contributed by atoms with E-state index in [1.807, 2.05) is 13.8 Å². The van der Waals surface area contributed by atoms with Gasteiger partial charge < -0.3 is 0 Å². The Bertz CT molecular complexity index is 431. The maximum absolute atomic E-state index is 12.5. The third kappa shape index (κ3) is 1.23. The predicted molar refractivity (Wildman–Crippen MR) is 71.3 cm³/mol. The van der Waals surface area contributed by atoms with Crippen LogP contribution in [0.1, 0.15) is 54.9 Å². The van der Waals surface area contributed by atoms with Crippen LogP contribution in [-0.4, -0.2) is 11.6 Å². The molecule has 2 fully saturated rings. The summed E-state index contributed by atoms with van der Waals surface area (Å²) in [7, 11) is 0. The van der Waals surface area contributed by atoms with Crippen LogP contribution in [0.5, 0.6) is 0 Å². The molecule has 19 heavy (non-hydrogen) atoms. The second kappa shape index (κ2) is 3.78. The second-order valence-corrected chi connectivity index (χ2v) is 8.63. The molecule has 2 saturated carbocycles. The monoisotopic (exact) mass is 351 g/mol. The molecule has 0 radical (unpaired) electrons. The zero-order chi connectivity index (χ0) is 15.0. The summed E-state index contributed by atoms with van der Waals surface area (Å²) in [4.78, 5) is 25.0. The molecule has 2 nitrogen and oxygen atoms in total. The Kier molecular flexibility index (Phi) is 3.06. The van der Waals surface area contributed by atoms with E-state index < -0.39 is 10.8 Å². The van der Waals surface area contributed by atoms with Gasteiger partial charge in [-0.05, 0) is 0 Å². The van der Waals surface area contributed by atoms with Crippen LogP contribution in [-0.2, 0) is 27.9 Å². The molecule has 0 heterocycles. The van der Waals surface area contributed by atoms with Gasteiger partial charge in [0.15, 0.2) is 0 Å². The molecule has 0 aromatic rings. The number of ketones is 2. The van der Waals surface area contributed by atoms with Gasteiger partial charge >= 0.3 is 126 Å². The number of hydrogen-bond acceptors (Lipinski definition) is 2. The number of hydrogen-bond donors (Lipinski definition) is 0. The Hall–Kier alpha value is -0.0366. The SMILES string of the molecule is CC(=O)C1(C)C2(C)CC(C)([CH]([Ru])C2C)C1(C)C(C)=O. The summed E-state index contributed by atoms with van der Waals surface area (Å²) in [5.74, 6) is 0.773. The van der Waals surface area contributed by atoms with Crippen LogP contribution in [0.25, 0.3) is 0 Å². The van der Waals surface area contributed by atoms with Crippen LogP contribution in [0.15, 0.2) is 0 Å². The van der Waals surface area contributed by atoms with E-state index in [-0.39, 0.29) is 22.4 Å². The van der Waals surface area contributed by atoms with Crippen molar-refractivity contribution in [3.63, 3.8) is 0 Å². The van der Waals surface area contributed by atoms with Gasteiger partial charge in [0.05, 0.1) is 0 Å². The van der Waals surface area contributed by atoms with Gasteiger partial charge in [-0.3, -0.25) is 0 Å². The zero-order valence-corrected chi connectivity index (χ0v) is 14.8. The average Bonchev–Trinajstić information content (AvgIpc) is 2.57. The number of carbonyl (C=O) groups excluding carboxylic acids is 2. The van der Waals surface area contributed by atoms with Crippen LogP contribution in [0, 0.1) is 27.6 Å². The van der Waals surface area contributed by atoms with Crippen LogP contribution in [0.2, 0.25) is 4.51 Å². The standard InChI is InChI=1S/C16H25O2.Ru/c1-10-8-13(4)9-14(10,5)16(7,12(3)18)15(13,6)11(2)17;/h8,10H,9H2,1-7H3;. The van der Waals surface area contributed by atoms with E-state index in [1.165, 1.54) is 0 Å². The summed E-state index contributed by atoms with van der Waals surface area (Å²) < 4.78 is 0.401. The van der Waals surface area contributed by atoms with Crippen molar-refractivity contribution in [2.24, 2.45) is 27.6 Å². The summed E-state index contributed by atoms with van der Waals surface area (Å²) >= 11 is 2.85. The molecule has 3 heteroatoms. The van der Waals surface area contributed by atoms with Gasteiger partial charge in [-0.25, -0.2) is 0 Å². The molecule has 0 spiro atoms. The second-order valence-electron chi connectivity index (χ2n) is 7.55. The molecule has 2 aliphatic carbocycles. The average molecular weight is 350 g/mol. The van der Waals surface area contributed by atoms with Gasteiger partial charge in [0.1, 0.15) is 0 Å². The normalized spacial score (nSPS) is 56.4. The zero-order valence-electron chi connectivity index (χ0n) is 13.0. The van der Waals surface area contributed by atoms with Gasteiger partial charge in [-0.15, -0.1) is 0 Å². The molecule has 0 aromatic carbocycles. The van der Waals surface area contributed by atoms with E-state index >= 15 is 0 Å². The van der Waals surface area contributed by atoms with Gasteiger partial charge in [-0.1, -0.05) is 0 Å². The number of Topliss-reactive ketones (excluding diaryl/α,β-unsaturated/α-hetero) is 2. The first-order chi connectivity index (χ1) is 8.41. The number of fused-ring (bicyclic) bond motifs is 2. The van der Waals surface area contributed by atoms with Crippen molar-refractivity contribution in [1.82, 2.24) is 0 Å². The van der Waals surface area contributed by atoms with Crippen molar-refractivity contribution < 1.29 is 27.9 Å². The molecule has 109 valence electrons. The summed E-state index contributed by atoms with van der Waals surface area (Å²) in [6.07, 6.45) is 0.963. The molecular formula is C16H25O2Ru. The Morgan fingerprint density at radius 1 is 0.947 bits per heavy atom. The van der Waals surface area contributed by atoms with Crippen molar-refractivity contribution in [1.29, 1.82) is 0 Å². The molecule has 0 aromatic heterocycles. The third-order valence-electron chi connectivity index (χ3n) is 7.45. The van der Waals surface area contributed by atoms with Crippen LogP contribution >= 0.6 is 0 Å². The van der Waals surface area contributed by atoms with Crippen LogP contribution in [0.4, 0.5) is 0 Å². The molecule has 6 unspecified atom stereocenters. The van der Waals surface area contributed by atoms with E-state index in [4.69, 9.17) is 0 Å².